The number of carbonyl (C=O) groups excluding carboxylic acids is 1. The monoisotopic (exact) mass is 566 g/mol. The fourth-order valence-corrected chi connectivity index (χ4v) is 5.41. The van der Waals surface area contributed by atoms with Crippen molar-refractivity contribution in [3.05, 3.63) is 64.7 Å². The van der Waals surface area contributed by atoms with E-state index in [1.807, 2.05) is 13.8 Å². The van der Waals surface area contributed by atoms with Gasteiger partial charge in [0.2, 0.25) is 5.88 Å². The molecular weight excluding hydrogens is 545 g/mol. The molecule has 3 heterocycles. The van der Waals surface area contributed by atoms with Gasteiger partial charge in [-0.15, -0.1) is 11.3 Å². The van der Waals surface area contributed by atoms with Gasteiger partial charge in [-0.25, -0.2) is 31.6 Å². The second-order valence-corrected chi connectivity index (χ2v) is 10.8. The predicted molar refractivity (Wildman–Crippen MR) is 134 cm³/mol. The molecule has 0 aliphatic rings. The van der Waals surface area contributed by atoms with Crippen LogP contribution in [0.5, 0.6) is 5.88 Å². The van der Waals surface area contributed by atoms with Crippen LogP contribution in [0.4, 0.5) is 24.7 Å². The number of carbonyl (C=O) groups is 1. The summed E-state index contributed by atoms with van der Waals surface area (Å²) in [5, 5.41) is 8.13. The quantitative estimate of drug-likeness (QED) is 0.294. The van der Waals surface area contributed by atoms with Gasteiger partial charge < -0.3 is 10.1 Å². The van der Waals surface area contributed by atoms with Gasteiger partial charge in [-0.1, -0.05) is 0 Å². The van der Waals surface area contributed by atoms with Crippen molar-refractivity contribution >= 4 is 38.8 Å². The SMILES string of the molecule is COc1ncc(NC(=O)c2csc(-c3cc(F)c(F)c(F)c3)n2)cc1S(=O)(=O)Nc1cc(C)n(C(C)C)n1. The van der Waals surface area contributed by atoms with Gasteiger partial charge in [-0.2, -0.15) is 5.10 Å². The maximum atomic E-state index is 13.6. The molecule has 0 spiro atoms. The topological polar surface area (TPSA) is 128 Å². The highest BCUT2D eigenvalue weighted by atomic mass is 32.2. The van der Waals surface area contributed by atoms with Crippen molar-refractivity contribution in [1.82, 2.24) is 19.7 Å². The second-order valence-electron chi connectivity index (χ2n) is 8.29. The molecule has 1 aromatic carbocycles. The number of pyridine rings is 1. The number of benzene rings is 1. The number of hydrogen-bond acceptors (Lipinski definition) is 8. The minimum atomic E-state index is -4.23. The number of methoxy groups -OCH3 is 1. The molecule has 3 aromatic heterocycles. The second kappa shape index (κ2) is 10.4. The molecule has 2 N–H and O–H groups in total. The number of ether oxygens (including phenoxy) is 1. The van der Waals surface area contributed by atoms with E-state index in [-0.39, 0.29) is 44.6 Å². The molecular formula is C23H21F3N6O4S2. The molecule has 38 heavy (non-hydrogen) atoms. The van der Waals surface area contributed by atoms with E-state index >= 15 is 0 Å². The zero-order valence-corrected chi connectivity index (χ0v) is 22.0. The summed E-state index contributed by atoms with van der Waals surface area (Å²) in [7, 11) is -2.99. The van der Waals surface area contributed by atoms with Crippen LogP contribution in [0, 0.1) is 24.4 Å². The Labute approximate surface area is 219 Å². The molecule has 4 aromatic rings. The Morgan fingerprint density at radius 1 is 1.13 bits per heavy atom. The van der Waals surface area contributed by atoms with Crippen LogP contribution in [-0.2, 0) is 10.0 Å². The average molecular weight is 567 g/mol. The van der Waals surface area contributed by atoms with Crippen molar-refractivity contribution in [3.8, 4) is 16.5 Å². The first-order chi connectivity index (χ1) is 17.9. The Kier molecular flexibility index (Phi) is 7.42. The number of nitrogens with one attached hydrogen (secondary N) is 2. The van der Waals surface area contributed by atoms with Gasteiger partial charge >= 0.3 is 0 Å². The molecule has 0 aliphatic carbocycles. The number of anilines is 2. The Morgan fingerprint density at radius 2 is 1.82 bits per heavy atom. The first-order valence-corrected chi connectivity index (χ1v) is 13.3. The van der Waals surface area contributed by atoms with Gasteiger partial charge in [-0.3, -0.25) is 14.2 Å². The number of nitrogens with zero attached hydrogens (tertiary/aromatic N) is 4. The van der Waals surface area contributed by atoms with Gasteiger partial charge in [0.15, 0.2) is 28.2 Å². The Bertz CT molecular complexity index is 1610. The van der Waals surface area contributed by atoms with E-state index < -0.39 is 33.4 Å². The smallest absolute Gasteiger partial charge is 0.275 e. The zero-order valence-electron chi connectivity index (χ0n) is 20.4. The minimum Gasteiger partial charge on any atom is -0.480 e. The lowest BCUT2D eigenvalue weighted by Gasteiger charge is -2.12. The number of thiazole rings is 1. The molecule has 0 bridgehead atoms. The van der Waals surface area contributed by atoms with E-state index in [1.54, 1.807) is 17.7 Å². The Hall–Kier alpha value is -3.98. The zero-order chi connectivity index (χ0) is 27.8. The summed E-state index contributed by atoms with van der Waals surface area (Å²) in [6.07, 6.45) is 1.19. The van der Waals surface area contributed by atoms with Crippen LogP contribution in [0.2, 0.25) is 0 Å². The van der Waals surface area contributed by atoms with Crippen LogP contribution in [0.1, 0.15) is 36.1 Å². The van der Waals surface area contributed by atoms with Crippen molar-refractivity contribution in [1.29, 1.82) is 0 Å². The third kappa shape index (κ3) is 5.47. The lowest BCUT2D eigenvalue weighted by atomic mass is 10.2. The fraction of sp³-hybridized carbons (Fsp3) is 0.217. The van der Waals surface area contributed by atoms with Crippen LogP contribution in [0.3, 0.4) is 0 Å². The maximum absolute atomic E-state index is 13.6. The summed E-state index contributed by atoms with van der Waals surface area (Å²) in [4.78, 5) is 20.4. The van der Waals surface area contributed by atoms with Crippen LogP contribution < -0.4 is 14.8 Å². The number of rotatable bonds is 8. The van der Waals surface area contributed by atoms with Gasteiger partial charge in [0.25, 0.3) is 15.9 Å². The first-order valence-electron chi connectivity index (χ1n) is 10.9. The molecule has 0 aliphatic heterocycles. The first kappa shape index (κ1) is 27.1. The summed E-state index contributed by atoms with van der Waals surface area (Å²) < 4.78 is 75.8. The number of aryl methyl sites for hydroxylation is 1. The highest BCUT2D eigenvalue weighted by molar-refractivity contribution is 7.92. The molecule has 0 radical (unpaired) electrons. The number of halogens is 3. The normalized spacial score (nSPS) is 11.6. The highest BCUT2D eigenvalue weighted by Gasteiger charge is 2.24. The van der Waals surface area contributed by atoms with Crippen LogP contribution >= 0.6 is 11.3 Å². The number of aromatic nitrogens is 4. The van der Waals surface area contributed by atoms with Crippen molar-refractivity contribution < 1.29 is 31.1 Å². The molecule has 0 saturated heterocycles. The van der Waals surface area contributed by atoms with Crippen molar-refractivity contribution in [3.63, 3.8) is 0 Å². The van der Waals surface area contributed by atoms with Crippen molar-refractivity contribution in [2.75, 3.05) is 17.1 Å². The minimum absolute atomic E-state index is 0.00786. The summed E-state index contributed by atoms with van der Waals surface area (Å²) in [5.74, 6) is -5.26. The molecule has 0 unspecified atom stereocenters. The molecule has 4 rings (SSSR count). The van der Waals surface area contributed by atoms with Gasteiger partial charge in [0.1, 0.15) is 10.7 Å². The van der Waals surface area contributed by atoms with Gasteiger partial charge in [-0.05, 0) is 39.0 Å². The fourth-order valence-electron chi connectivity index (χ4n) is 3.48. The Balaban J connectivity index is 1.58. The van der Waals surface area contributed by atoms with E-state index in [9.17, 15) is 26.4 Å². The lowest BCUT2D eigenvalue weighted by molar-refractivity contribution is 0.102. The standard InChI is InChI=1S/C23H21F3N6O4S2/c1-11(2)32-12(3)5-19(30-32)31-38(34,35)18-8-14(9-27-22(18)36-4)28-21(33)17-10-37-23(29-17)13-6-15(24)20(26)16(25)7-13/h5-11H,1-4H3,(H,28,33)(H,30,31). The van der Waals surface area contributed by atoms with Crippen LogP contribution in [0.15, 0.2) is 40.7 Å². The third-order valence-corrected chi connectivity index (χ3v) is 7.42. The number of hydrogen-bond donors (Lipinski definition) is 2. The summed E-state index contributed by atoms with van der Waals surface area (Å²) in [6, 6.07) is 4.26. The molecule has 0 fully saturated rings. The van der Waals surface area contributed by atoms with E-state index in [1.165, 1.54) is 18.7 Å². The summed E-state index contributed by atoms with van der Waals surface area (Å²) >= 11 is 0.906. The van der Waals surface area contributed by atoms with E-state index in [0.29, 0.717) is 0 Å². The molecule has 1 amide bonds. The highest BCUT2D eigenvalue weighted by Crippen LogP contribution is 2.29. The van der Waals surface area contributed by atoms with Crippen LogP contribution in [-0.4, -0.2) is 41.2 Å². The maximum Gasteiger partial charge on any atom is 0.275 e. The lowest BCUT2D eigenvalue weighted by Crippen LogP contribution is -2.17. The molecule has 0 saturated carbocycles. The summed E-state index contributed by atoms with van der Waals surface area (Å²) in [6.45, 7) is 5.59. The number of amides is 1. The molecule has 0 atom stereocenters. The van der Waals surface area contributed by atoms with Crippen molar-refractivity contribution in [2.24, 2.45) is 0 Å². The van der Waals surface area contributed by atoms with Gasteiger partial charge in [0.05, 0.1) is 19.0 Å². The number of sulfonamides is 1. The molecule has 200 valence electrons. The summed E-state index contributed by atoms with van der Waals surface area (Å²) in [5.41, 5.74) is 0.584. The van der Waals surface area contributed by atoms with Crippen molar-refractivity contribution in [2.45, 2.75) is 31.7 Å². The molecule has 10 nitrogen and oxygen atoms in total. The van der Waals surface area contributed by atoms with Gasteiger partial charge in [0, 0.05) is 28.7 Å². The predicted octanol–water partition coefficient (Wildman–Crippen LogP) is 4.77. The Morgan fingerprint density at radius 3 is 2.42 bits per heavy atom. The average Bonchev–Trinajstić information content (AvgIpc) is 3.49. The van der Waals surface area contributed by atoms with E-state index in [0.717, 1.165) is 35.2 Å². The van der Waals surface area contributed by atoms with E-state index in [2.05, 4.69) is 25.1 Å². The molecule has 15 heteroatoms. The third-order valence-electron chi connectivity index (χ3n) is 5.18. The van der Waals surface area contributed by atoms with E-state index in [4.69, 9.17) is 4.74 Å². The largest absolute Gasteiger partial charge is 0.480 e. The van der Waals surface area contributed by atoms with Crippen LogP contribution in [0.25, 0.3) is 10.6 Å².